The molecule has 0 bridgehead atoms. The normalized spacial score (nSPS) is 13.5. The van der Waals surface area contributed by atoms with E-state index in [1.54, 1.807) is 20.0 Å². The first-order chi connectivity index (χ1) is 40.4. The quantitative estimate of drug-likeness (QED) is 0.0355. The number of carbonyl (C=O) groups excluding carboxylic acids is 9. The maximum absolute atomic E-state index is 13.4. The number of hydrogen-bond donors (Lipinski definition) is 11. The Bertz CT molecular complexity index is 2220. The van der Waals surface area contributed by atoms with E-state index in [-0.39, 0.29) is 94.6 Å². The minimum atomic E-state index is -1.55. The van der Waals surface area contributed by atoms with E-state index in [1.807, 2.05) is 0 Å². The number of ketones is 5. The highest BCUT2D eigenvalue weighted by molar-refractivity contribution is 5.93. The third-order valence-electron chi connectivity index (χ3n) is 15.2. The number of H-pyrrole nitrogens is 1. The van der Waals surface area contributed by atoms with Crippen molar-refractivity contribution < 1.29 is 83.1 Å². The molecule has 1 aromatic heterocycles. The van der Waals surface area contributed by atoms with Crippen molar-refractivity contribution in [3.63, 3.8) is 0 Å². The number of rotatable bonds is 55. The van der Waals surface area contributed by atoms with Gasteiger partial charge in [0.05, 0.1) is 38.0 Å². The molecule has 24 heteroatoms. The molecule has 1 aromatic rings. The van der Waals surface area contributed by atoms with Crippen LogP contribution in [0.15, 0.2) is 12.5 Å². The first-order valence-electron chi connectivity index (χ1n) is 30.8. The number of aromatic nitrogens is 2. The lowest BCUT2D eigenvalue weighted by molar-refractivity contribution is -0.145. The molecule has 1 rings (SSSR count). The van der Waals surface area contributed by atoms with Crippen LogP contribution in [0.5, 0.6) is 0 Å². The van der Waals surface area contributed by atoms with Gasteiger partial charge in [-0.05, 0) is 65.2 Å². The summed E-state index contributed by atoms with van der Waals surface area (Å²) >= 11 is 0. The van der Waals surface area contributed by atoms with E-state index in [2.05, 4.69) is 36.6 Å². The number of carboxylic acid groups (broad SMARTS) is 3. The number of imidazole rings is 1. The largest absolute Gasteiger partial charge is 0.481 e. The van der Waals surface area contributed by atoms with Crippen LogP contribution >= 0.6 is 0 Å². The molecule has 482 valence electrons. The SMILES string of the molecule is CC(=O)[C@@H](NC(=O)[C@H](CCCCNC(=O)CNCC(=O)[C@H](CO)NC(=O)CC[C@H](NC(=O)CC[C@H](CC(=O)CCCCCCCCCCCCCCCCCCC(=O)O)C(=O)O)C(=O)O)CCC(=O)C(C)(C)CC(=O)CCc1cnc[nH]1)[C@@H](C)O. The molecule has 0 radical (unpaired) electrons. The molecule has 0 aliphatic carbocycles. The smallest absolute Gasteiger partial charge is 0.326 e. The van der Waals surface area contributed by atoms with E-state index in [1.165, 1.54) is 58.7 Å². The number of unbranched alkanes of at least 4 members (excludes halogenated alkanes) is 16. The number of nitrogens with one attached hydrogen (secondary N) is 6. The summed E-state index contributed by atoms with van der Waals surface area (Å²) in [6.45, 7) is 4.55. The third-order valence-corrected chi connectivity index (χ3v) is 15.2. The predicted octanol–water partition coefficient (Wildman–Crippen LogP) is 5.57. The van der Waals surface area contributed by atoms with Crippen LogP contribution in [0.2, 0.25) is 0 Å². The van der Waals surface area contributed by atoms with Crippen molar-refractivity contribution in [2.24, 2.45) is 17.3 Å². The Balaban J connectivity index is 2.43. The molecular weight excluding hydrogens is 1100 g/mol. The molecule has 11 N–H and O–H groups in total. The molecule has 0 saturated carbocycles. The van der Waals surface area contributed by atoms with Gasteiger partial charge in [-0.3, -0.25) is 52.7 Å². The second kappa shape index (κ2) is 45.1. The number of Topliss-reactive ketones (excluding diaryl/α,β-unsaturated/α-hetero) is 5. The summed E-state index contributed by atoms with van der Waals surface area (Å²) in [6, 6.07) is -4.12. The van der Waals surface area contributed by atoms with Crippen molar-refractivity contribution in [1.82, 2.24) is 36.6 Å². The summed E-state index contributed by atoms with van der Waals surface area (Å²) < 4.78 is 0. The number of aliphatic hydroxyl groups is 2. The highest BCUT2D eigenvalue weighted by atomic mass is 16.4. The molecule has 0 aliphatic rings. The fraction of sp³-hybridized carbons (Fsp3) is 0.754. The van der Waals surface area contributed by atoms with E-state index in [0.717, 1.165) is 63.5 Å². The van der Waals surface area contributed by atoms with E-state index >= 15 is 0 Å². The molecule has 0 aliphatic heterocycles. The maximum atomic E-state index is 13.4. The van der Waals surface area contributed by atoms with Crippen molar-refractivity contribution in [3.05, 3.63) is 18.2 Å². The van der Waals surface area contributed by atoms with Crippen LogP contribution in [0, 0.1) is 17.3 Å². The van der Waals surface area contributed by atoms with Crippen LogP contribution in [-0.2, 0) is 64.0 Å². The summed E-state index contributed by atoms with van der Waals surface area (Å²) in [7, 11) is 0. The van der Waals surface area contributed by atoms with Crippen LogP contribution in [0.25, 0.3) is 0 Å². The monoisotopic (exact) mass is 1200 g/mol. The first kappa shape index (κ1) is 76.7. The predicted molar refractivity (Wildman–Crippen MR) is 316 cm³/mol. The Morgan fingerprint density at radius 2 is 1.12 bits per heavy atom. The zero-order chi connectivity index (χ0) is 63.6. The zero-order valence-electron chi connectivity index (χ0n) is 50.9. The highest BCUT2D eigenvalue weighted by Crippen LogP contribution is 2.28. The zero-order valence-corrected chi connectivity index (χ0v) is 50.9. The van der Waals surface area contributed by atoms with Gasteiger partial charge in [0.2, 0.25) is 23.6 Å². The lowest BCUT2D eigenvalue weighted by Crippen LogP contribution is -2.49. The summed E-state index contributed by atoms with van der Waals surface area (Å²) in [5.74, 6) is -9.65. The molecular formula is C61H101N7O17. The Morgan fingerprint density at radius 1 is 0.576 bits per heavy atom. The Morgan fingerprint density at radius 3 is 1.62 bits per heavy atom. The summed E-state index contributed by atoms with van der Waals surface area (Å²) in [4.78, 5) is 157. The summed E-state index contributed by atoms with van der Waals surface area (Å²) in [5.41, 5.74) is -0.197. The number of aliphatic hydroxyl groups excluding tert-OH is 2. The molecule has 1 heterocycles. The van der Waals surface area contributed by atoms with Gasteiger partial charge in [-0.1, -0.05) is 110 Å². The number of aromatic amines is 1. The summed E-state index contributed by atoms with van der Waals surface area (Å²) in [5, 5.41) is 60.6. The number of amides is 4. The van der Waals surface area contributed by atoms with Crippen LogP contribution in [0.3, 0.4) is 0 Å². The molecule has 0 fully saturated rings. The Kier molecular flexibility index (Phi) is 40.7. The van der Waals surface area contributed by atoms with Crippen LogP contribution in [0.1, 0.15) is 226 Å². The van der Waals surface area contributed by atoms with Crippen molar-refractivity contribution >= 4 is 70.5 Å². The number of aliphatic carboxylic acids is 3. The maximum Gasteiger partial charge on any atom is 0.326 e. The standard InChI is InChI=1S/C61H101N7O17/c1-42(70)57(43(2)71)68-58(81)44(26-31-52(75)61(3,4)36-48(73)29-28-46-37-63-41-65-46)23-21-22-34-64-55(78)39-62-38-51(74)50(40-69)67-54(77)33-30-49(60(84)85)66-53(76)32-27-45(59(82)83)35-47(72)24-19-17-15-13-11-9-7-5-6-8-10-12-14-16-18-20-25-56(79)80/h37,41-42,44-45,49-50,57,62,69-70H,5-36,38-40H2,1-4H3,(H,63,65)(H,64,78)(H,66,76)(H,67,77)(H,68,81)(H,79,80)(H,82,83)(H,84,85)/t42-,44-,45-,49+,50+,57+/m1/s1. The molecule has 0 unspecified atom stereocenters. The van der Waals surface area contributed by atoms with Crippen molar-refractivity contribution in [2.45, 2.75) is 251 Å². The van der Waals surface area contributed by atoms with Gasteiger partial charge in [-0.25, -0.2) is 9.78 Å². The fourth-order valence-corrected chi connectivity index (χ4v) is 9.85. The minimum absolute atomic E-state index is 0.0113. The molecule has 0 aromatic carbocycles. The highest BCUT2D eigenvalue weighted by Gasteiger charge is 2.33. The Labute approximate surface area is 501 Å². The van der Waals surface area contributed by atoms with Gasteiger partial charge in [0, 0.05) is 81.1 Å². The number of aryl methyl sites for hydroxylation is 1. The van der Waals surface area contributed by atoms with E-state index in [0.29, 0.717) is 25.7 Å². The summed E-state index contributed by atoms with van der Waals surface area (Å²) in [6.07, 6.45) is 19.6. The van der Waals surface area contributed by atoms with Gasteiger partial charge in [-0.15, -0.1) is 0 Å². The second-order valence-corrected chi connectivity index (χ2v) is 23.3. The molecule has 85 heavy (non-hydrogen) atoms. The first-order valence-corrected chi connectivity index (χ1v) is 30.8. The average molecular weight is 1200 g/mol. The van der Waals surface area contributed by atoms with E-state index < -0.39 is 121 Å². The van der Waals surface area contributed by atoms with Crippen LogP contribution in [0.4, 0.5) is 0 Å². The Hall–Kier alpha value is -6.27. The number of nitrogens with zero attached hydrogens (tertiary/aromatic N) is 1. The van der Waals surface area contributed by atoms with Crippen molar-refractivity contribution in [1.29, 1.82) is 0 Å². The number of hydrogen-bond acceptors (Lipinski definition) is 16. The van der Waals surface area contributed by atoms with E-state index in [9.17, 15) is 78.0 Å². The van der Waals surface area contributed by atoms with Gasteiger partial charge in [-0.2, -0.15) is 0 Å². The van der Waals surface area contributed by atoms with Crippen LogP contribution < -0.4 is 26.6 Å². The van der Waals surface area contributed by atoms with E-state index in [4.69, 9.17) is 5.11 Å². The topological polar surface area (TPSA) is 395 Å². The lowest BCUT2D eigenvalue weighted by atomic mass is 9.79. The van der Waals surface area contributed by atoms with Crippen molar-refractivity contribution in [3.8, 4) is 0 Å². The molecule has 0 saturated heterocycles. The van der Waals surface area contributed by atoms with Gasteiger partial charge >= 0.3 is 17.9 Å². The molecule has 0 spiro atoms. The molecule has 24 nitrogen and oxygen atoms in total. The lowest BCUT2D eigenvalue weighted by Gasteiger charge is -2.25. The van der Waals surface area contributed by atoms with Gasteiger partial charge in [0.25, 0.3) is 0 Å². The number of carbonyl (C=O) groups is 12. The molecule has 6 atom stereocenters. The fourth-order valence-electron chi connectivity index (χ4n) is 9.85. The average Bonchev–Trinajstić information content (AvgIpc) is 4.13. The molecule has 4 amide bonds. The second-order valence-electron chi connectivity index (χ2n) is 23.3. The van der Waals surface area contributed by atoms with Gasteiger partial charge in [0.15, 0.2) is 11.6 Å². The van der Waals surface area contributed by atoms with Crippen molar-refractivity contribution in [2.75, 3.05) is 26.2 Å². The third kappa shape index (κ3) is 37.7. The van der Waals surface area contributed by atoms with Gasteiger partial charge in [0.1, 0.15) is 35.5 Å². The minimum Gasteiger partial charge on any atom is -0.481 e. The van der Waals surface area contributed by atoms with Crippen LogP contribution in [-0.4, -0.2) is 156 Å². The van der Waals surface area contributed by atoms with Gasteiger partial charge < -0.3 is 57.1 Å². The number of carboxylic acids is 3.